The van der Waals surface area contributed by atoms with Gasteiger partial charge in [-0.2, -0.15) is 0 Å². The molecule has 0 aromatic carbocycles. The van der Waals surface area contributed by atoms with E-state index in [1.807, 2.05) is 6.20 Å². The Morgan fingerprint density at radius 1 is 1.29 bits per heavy atom. The lowest BCUT2D eigenvalue weighted by Gasteiger charge is -2.44. The summed E-state index contributed by atoms with van der Waals surface area (Å²) in [6, 6.07) is 4.41. The maximum atomic E-state index is 5.78. The van der Waals surface area contributed by atoms with Crippen LogP contribution < -0.4 is 4.90 Å². The molecule has 2 aliphatic heterocycles. The molecule has 116 valence electrons. The maximum Gasteiger partial charge on any atom is 0.128 e. The van der Waals surface area contributed by atoms with Crippen molar-refractivity contribution in [1.82, 2.24) is 9.88 Å². The molecule has 0 aliphatic carbocycles. The van der Waals surface area contributed by atoms with Crippen molar-refractivity contribution in [2.45, 2.75) is 51.8 Å². The van der Waals surface area contributed by atoms with Gasteiger partial charge < -0.3 is 9.64 Å². The van der Waals surface area contributed by atoms with E-state index in [0.29, 0.717) is 6.10 Å². The fraction of sp³-hybridized carbons (Fsp3) is 0.706. The fourth-order valence-corrected chi connectivity index (χ4v) is 3.19. The van der Waals surface area contributed by atoms with Gasteiger partial charge in [0.15, 0.2) is 0 Å². The number of nitrogens with zero attached hydrogens (tertiary/aromatic N) is 3. The third kappa shape index (κ3) is 3.38. The molecule has 21 heavy (non-hydrogen) atoms. The van der Waals surface area contributed by atoms with Gasteiger partial charge in [-0.25, -0.2) is 4.98 Å². The summed E-state index contributed by atoms with van der Waals surface area (Å²) in [6.45, 7) is 11.7. The number of pyridine rings is 1. The van der Waals surface area contributed by atoms with Gasteiger partial charge in [-0.15, -0.1) is 0 Å². The summed E-state index contributed by atoms with van der Waals surface area (Å²) < 4.78 is 5.78. The molecule has 4 nitrogen and oxygen atoms in total. The minimum absolute atomic E-state index is 0.0974. The molecule has 3 rings (SSSR count). The first-order chi connectivity index (χ1) is 10.0. The molecule has 1 aromatic heterocycles. The smallest absolute Gasteiger partial charge is 0.128 e. The van der Waals surface area contributed by atoms with E-state index in [-0.39, 0.29) is 5.54 Å². The van der Waals surface area contributed by atoms with Crippen LogP contribution in [0.4, 0.5) is 5.82 Å². The first-order valence-corrected chi connectivity index (χ1v) is 8.11. The van der Waals surface area contributed by atoms with Gasteiger partial charge in [-0.05, 0) is 45.2 Å². The average Bonchev–Trinajstić information content (AvgIpc) is 2.98. The summed E-state index contributed by atoms with van der Waals surface area (Å²) in [5, 5.41) is 0. The SMILES string of the molecule is CC1CN(Cc2ccc(N3CCCC3)nc2)C(C)(C)CO1. The number of anilines is 1. The van der Waals surface area contributed by atoms with Crippen molar-refractivity contribution in [2.24, 2.45) is 0 Å². The lowest BCUT2D eigenvalue weighted by Crippen LogP contribution is -2.54. The Kier molecular flexibility index (Phi) is 4.18. The minimum Gasteiger partial charge on any atom is -0.375 e. The first kappa shape index (κ1) is 14.8. The minimum atomic E-state index is 0.0974. The molecule has 0 saturated carbocycles. The van der Waals surface area contributed by atoms with Gasteiger partial charge in [0.05, 0.1) is 12.7 Å². The molecule has 0 radical (unpaired) electrons. The summed E-state index contributed by atoms with van der Waals surface area (Å²) in [5.74, 6) is 1.13. The van der Waals surface area contributed by atoms with Crippen LogP contribution in [0, 0.1) is 0 Å². The predicted molar refractivity (Wildman–Crippen MR) is 85.6 cm³/mol. The number of hydrogen-bond donors (Lipinski definition) is 0. The highest BCUT2D eigenvalue weighted by atomic mass is 16.5. The van der Waals surface area contributed by atoms with E-state index in [9.17, 15) is 0 Å². The first-order valence-electron chi connectivity index (χ1n) is 8.11. The molecule has 4 heteroatoms. The zero-order chi connectivity index (χ0) is 14.9. The standard InChI is InChI=1S/C17H27N3O/c1-14-11-20(17(2,3)13-21-14)12-15-6-7-16(18-10-15)19-8-4-5-9-19/h6-7,10,14H,4-5,8-9,11-13H2,1-3H3. The molecule has 2 fully saturated rings. The van der Waals surface area contributed by atoms with Crippen molar-refractivity contribution < 1.29 is 4.74 Å². The van der Waals surface area contributed by atoms with Crippen LogP contribution in [-0.2, 0) is 11.3 Å². The highest BCUT2D eigenvalue weighted by Crippen LogP contribution is 2.25. The second kappa shape index (κ2) is 5.93. The summed E-state index contributed by atoms with van der Waals surface area (Å²) in [7, 11) is 0. The second-order valence-electron chi connectivity index (χ2n) is 7.03. The molecular weight excluding hydrogens is 262 g/mol. The van der Waals surface area contributed by atoms with Crippen LogP contribution in [-0.4, -0.2) is 47.8 Å². The van der Waals surface area contributed by atoms with Crippen LogP contribution in [0.3, 0.4) is 0 Å². The molecule has 0 spiro atoms. The highest BCUT2D eigenvalue weighted by molar-refractivity contribution is 5.40. The van der Waals surface area contributed by atoms with Crippen LogP contribution in [0.5, 0.6) is 0 Å². The van der Waals surface area contributed by atoms with E-state index in [4.69, 9.17) is 4.74 Å². The van der Waals surface area contributed by atoms with Crippen LogP contribution in [0.25, 0.3) is 0 Å². The van der Waals surface area contributed by atoms with Gasteiger partial charge in [0.25, 0.3) is 0 Å². The summed E-state index contributed by atoms with van der Waals surface area (Å²) in [6.07, 6.45) is 4.95. The van der Waals surface area contributed by atoms with Crippen molar-refractivity contribution >= 4 is 5.82 Å². The molecule has 0 N–H and O–H groups in total. The second-order valence-corrected chi connectivity index (χ2v) is 7.03. The Morgan fingerprint density at radius 3 is 2.71 bits per heavy atom. The zero-order valence-corrected chi connectivity index (χ0v) is 13.5. The zero-order valence-electron chi connectivity index (χ0n) is 13.5. The lowest BCUT2D eigenvalue weighted by atomic mass is 10.00. The lowest BCUT2D eigenvalue weighted by molar-refractivity contribution is -0.0949. The third-order valence-corrected chi connectivity index (χ3v) is 4.67. The van der Waals surface area contributed by atoms with Crippen molar-refractivity contribution in [2.75, 3.05) is 31.1 Å². The van der Waals surface area contributed by atoms with Gasteiger partial charge in [-0.3, -0.25) is 4.90 Å². The topological polar surface area (TPSA) is 28.6 Å². The number of ether oxygens (including phenoxy) is 1. The molecule has 3 heterocycles. The van der Waals surface area contributed by atoms with Gasteiger partial charge in [-0.1, -0.05) is 6.07 Å². The Bertz CT molecular complexity index is 465. The van der Waals surface area contributed by atoms with Gasteiger partial charge in [0, 0.05) is 37.9 Å². The predicted octanol–water partition coefficient (Wildman–Crippen LogP) is 2.68. The number of hydrogen-bond acceptors (Lipinski definition) is 4. The van der Waals surface area contributed by atoms with E-state index in [2.05, 4.69) is 47.7 Å². The molecule has 2 saturated heterocycles. The van der Waals surface area contributed by atoms with Crippen LogP contribution in [0.15, 0.2) is 18.3 Å². The molecule has 0 amide bonds. The number of rotatable bonds is 3. The van der Waals surface area contributed by atoms with E-state index in [1.165, 1.54) is 18.4 Å². The Balaban J connectivity index is 1.66. The van der Waals surface area contributed by atoms with E-state index < -0.39 is 0 Å². The average molecular weight is 289 g/mol. The monoisotopic (exact) mass is 289 g/mol. The molecule has 0 bridgehead atoms. The van der Waals surface area contributed by atoms with Crippen LogP contribution in [0.1, 0.15) is 39.2 Å². The van der Waals surface area contributed by atoms with Gasteiger partial charge in [0.1, 0.15) is 5.82 Å². The quantitative estimate of drug-likeness (QED) is 0.855. The van der Waals surface area contributed by atoms with E-state index in [1.54, 1.807) is 0 Å². The maximum absolute atomic E-state index is 5.78. The van der Waals surface area contributed by atoms with Crippen LogP contribution >= 0.6 is 0 Å². The summed E-state index contributed by atoms with van der Waals surface area (Å²) >= 11 is 0. The van der Waals surface area contributed by atoms with Gasteiger partial charge >= 0.3 is 0 Å². The van der Waals surface area contributed by atoms with Crippen molar-refractivity contribution in [3.8, 4) is 0 Å². The van der Waals surface area contributed by atoms with E-state index in [0.717, 1.165) is 38.6 Å². The highest BCUT2D eigenvalue weighted by Gasteiger charge is 2.33. The Hall–Kier alpha value is -1.13. The fourth-order valence-electron chi connectivity index (χ4n) is 3.19. The largest absolute Gasteiger partial charge is 0.375 e. The Morgan fingerprint density at radius 2 is 2.05 bits per heavy atom. The van der Waals surface area contributed by atoms with Gasteiger partial charge in [0.2, 0.25) is 0 Å². The van der Waals surface area contributed by atoms with Crippen molar-refractivity contribution in [3.63, 3.8) is 0 Å². The molecule has 1 aromatic rings. The molecule has 2 aliphatic rings. The van der Waals surface area contributed by atoms with Crippen molar-refractivity contribution in [3.05, 3.63) is 23.9 Å². The third-order valence-electron chi connectivity index (χ3n) is 4.67. The van der Waals surface area contributed by atoms with E-state index >= 15 is 0 Å². The normalized spacial score (nSPS) is 26.2. The molecule has 1 atom stereocenters. The number of aromatic nitrogens is 1. The van der Waals surface area contributed by atoms with Crippen LogP contribution in [0.2, 0.25) is 0 Å². The molecule has 1 unspecified atom stereocenters. The summed E-state index contributed by atoms with van der Waals surface area (Å²) in [5.41, 5.74) is 1.39. The summed E-state index contributed by atoms with van der Waals surface area (Å²) in [4.78, 5) is 9.55. The number of morpholine rings is 1. The van der Waals surface area contributed by atoms with Crippen molar-refractivity contribution in [1.29, 1.82) is 0 Å². The Labute approximate surface area is 128 Å². The molecular formula is C17H27N3O.